The van der Waals surface area contributed by atoms with Gasteiger partial charge in [0.25, 0.3) is 0 Å². The van der Waals surface area contributed by atoms with E-state index in [9.17, 15) is 4.79 Å². The lowest BCUT2D eigenvalue weighted by atomic mass is 9.93. The number of fused-ring (bicyclic) bond motifs is 1. The predicted molar refractivity (Wildman–Crippen MR) is 60.5 cm³/mol. The molecule has 3 nitrogen and oxygen atoms in total. The van der Waals surface area contributed by atoms with Crippen LogP contribution in [-0.2, 0) is 0 Å². The number of para-hydroxylation sites is 1. The molecule has 0 aliphatic heterocycles. The fraction of sp³-hybridized carbons (Fsp3) is 0.364. The summed E-state index contributed by atoms with van der Waals surface area (Å²) >= 11 is 6.12. The minimum Gasteiger partial charge on any atom is -0.305 e. The van der Waals surface area contributed by atoms with Crippen molar-refractivity contribution in [2.45, 2.75) is 25.3 Å². The Labute approximate surface area is 91.7 Å². The molecule has 0 amide bonds. The van der Waals surface area contributed by atoms with E-state index in [-0.39, 0.29) is 5.69 Å². The molecule has 1 aliphatic carbocycles. The molecule has 3 rings (SSSR count). The van der Waals surface area contributed by atoms with Crippen LogP contribution in [0.5, 0.6) is 0 Å². The predicted octanol–water partition coefficient (Wildman–Crippen LogP) is 2.71. The van der Waals surface area contributed by atoms with Crippen molar-refractivity contribution in [3.8, 4) is 0 Å². The number of imidazole rings is 1. The maximum atomic E-state index is 11.8. The Kier molecular flexibility index (Phi) is 1.89. The number of aromatic nitrogens is 2. The summed E-state index contributed by atoms with van der Waals surface area (Å²) in [5, 5.41) is 0.651. The highest BCUT2D eigenvalue weighted by molar-refractivity contribution is 6.34. The second-order valence-electron chi connectivity index (χ2n) is 4.02. The molecule has 1 N–H and O–H groups in total. The van der Waals surface area contributed by atoms with Crippen molar-refractivity contribution in [1.29, 1.82) is 0 Å². The van der Waals surface area contributed by atoms with Gasteiger partial charge in [0.1, 0.15) is 0 Å². The van der Waals surface area contributed by atoms with Gasteiger partial charge in [0, 0.05) is 6.04 Å². The molecule has 78 valence electrons. The second-order valence-corrected chi connectivity index (χ2v) is 4.43. The van der Waals surface area contributed by atoms with Gasteiger partial charge in [-0.05, 0) is 31.4 Å². The highest BCUT2D eigenvalue weighted by Gasteiger charge is 2.24. The average molecular weight is 223 g/mol. The number of H-pyrrole nitrogens is 1. The molecule has 0 spiro atoms. The normalized spacial score (nSPS) is 16.9. The van der Waals surface area contributed by atoms with Gasteiger partial charge in [-0.25, -0.2) is 4.79 Å². The largest absolute Gasteiger partial charge is 0.326 e. The van der Waals surface area contributed by atoms with Gasteiger partial charge < -0.3 is 4.98 Å². The van der Waals surface area contributed by atoms with Gasteiger partial charge in [0.15, 0.2) is 0 Å². The molecule has 1 aromatic heterocycles. The van der Waals surface area contributed by atoms with E-state index in [1.54, 1.807) is 4.57 Å². The first-order valence-corrected chi connectivity index (χ1v) is 5.54. The minimum absolute atomic E-state index is 0.0391. The molecule has 0 radical (unpaired) electrons. The van der Waals surface area contributed by atoms with Crippen LogP contribution in [0.15, 0.2) is 23.0 Å². The lowest BCUT2D eigenvalue weighted by Gasteiger charge is -2.26. The number of aromatic amines is 1. The topological polar surface area (TPSA) is 37.8 Å². The van der Waals surface area contributed by atoms with E-state index in [0.29, 0.717) is 11.1 Å². The van der Waals surface area contributed by atoms with Crippen LogP contribution in [-0.4, -0.2) is 9.55 Å². The number of nitrogens with one attached hydrogen (secondary N) is 1. The lowest BCUT2D eigenvalue weighted by Crippen LogP contribution is -2.26. The summed E-state index contributed by atoms with van der Waals surface area (Å²) in [5.41, 5.74) is 1.65. The fourth-order valence-electron chi connectivity index (χ4n) is 2.13. The highest BCUT2D eigenvalue weighted by Crippen LogP contribution is 2.34. The number of halogens is 1. The van der Waals surface area contributed by atoms with Crippen LogP contribution < -0.4 is 5.69 Å². The van der Waals surface area contributed by atoms with Crippen molar-refractivity contribution < 1.29 is 0 Å². The second kappa shape index (κ2) is 3.14. The van der Waals surface area contributed by atoms with Crippen LogP contribution in [0.1, 0.15) is 25.3 Å². The van der Waals surface area contributed by atoms with E-state index in [4.69, 9.17) is 11.6 Å². The van der Waals surface area contributed by atoms with E-state index in [0.717, 1.165) is 23.9 Å². The van der Waals surface area contributed by atoms with Gasteiger partial charge in [-0.15, -0.1) is 0 Å². The number of nitrogens with zero attached hydrogens (tertiary/aromatic N) is 1. The van der Waals surface area contributed by atoms with Gasteiger partial charge in [0.2, 0.25) is 0 Å². The zero-order valence-electron chi connectivity index (χ0n) is 8.16. The monoisotopic (exact) mass is 222 g/mol. The molecule has 2 aromatic rings. The molecule has 0 saturated heterocycles. The maximum absolute atomic E-state index is 11.8. The minimum atomic E-state index is -0.0391. The Morgan fingerprint density at radius 2 is 2.20 bits per heavy atom. The summed E-state index contributed by atoms with van der Waals surface area (Å²) in [6.07, 6.45) is 3.37. The summed E-state index contributed by atoms with van der Waals surface area (Å²) in [6.45, 7) is 0. The molecule has 0 atom stereocenters. The van der Waals surface area contributed by atoms with E-state index in [2.05, 4.69) is 4.98 Å². The van der Waals surface area contributed by atoms with Crippen LogP contribution >= 0.6 is 11.6 Å². The number of rotatable bonds is 1. The molecular formula is C11H11ClN2O. The van der Waals surface area contributed by atoms with Gasteiger partial charge in [-0.3, -0.25) is 4.57 Å². The summed E-state index contributed by atoms with van der Waals surface area (Å²) in [7, 11) is 0. The Morgan fingerprint density at radius 3 is 2.87 bits per heavy atom. The average Bonchev–Trinajstić information content (AvgIpc) is 2.42. The molecule has 1 fully saturated rings. The van der Waals surface area contributed by atoms with Crippen LogP contribution in [0, 0.1) is 0 Å². The summed E-state index contributed by atoms with van der Waals surface area (Å²) in [6, 6.07) is 5.90. The van der Waals surface area contributed by atoms with E-state index < -0.39 is 0 Å². The lowest BCUT2D eigenvalue weighted by molar-refractivity contribution is 0.314. The maximum Gasteiger partial charge on any atom is 0.326 e. The van der Waals surface area contributed by atoms with Crippen molar-refractivity contribution in [3.63, 3.8) is 0 Å². The summed E-state index contributed by atoms with van der Waals surface area (Å²) in [5.74, 6) is 0. The number of hydrogen-bond donors (Lipinski definition) is 1. The highest BCUT2D eigenvalue weighted by atomic mass is 35.5. The Balaban J connectivity index is 2.35. The van der Waals surface area contributed by atoms with Crippen LogP contribution in [0.2, 0.25) is 5.02 Å². The third kappa shape index (κ3) is 1.23. The molecule has 1 aliphatic rings. The number of hydrogen-bond acceptors (Lipinski definition) is 1. The molecule has 15 heavy (non-hydrogen) atoms. The molecule has 1 saturated carbocycles. The van der Waals surface area contributed by atoms with Crippen LogP contribution in [0.25, 0.3) is 11.0 Å². The third-order valence-electron chi connectivity index (χ3n) is 3.13. The Hall–Kier alpha value is -1.22. The van der Waals surface area contributed by atoms with Crippen molar-refractivity contribution in [2.75, 3.05) is 0 Å². The molecule has 0 unspecified atom stereocenters. The zero-order valence-corrected chi connectivity index (χ0v) is 8.92. The van der Waals surface area contributed by atoms with E-state index >= 15 is 0 Å². The Bertz CT molecular complexity index is 565. The molecule has 4 heteroatoms. The van der Waals surface area contributed by atoms with Gasteiger partial charge in [-0.1, -0.05) is 17.7 Å². The summed E-state index contributed by atoms with van der Waals surface area (Å²) < 4.78 is 1.81. The smallest absolute Gasteiger partial charge is 0.305 e. The van der Waals surface area contributed by atoms with Crippen molar-refractivity contribution in [2.24, 2.45) is 0 Å². The summed E-state index contributed by atoms with van der Waals surface area (Å²) in [4.78, 5) is 14.6. The quantitative estimate of drug-likeness (QED) is 0.792. The van der Waals surface area contributed by atoms with Crippen molar-refractivity contribution >= 4 is 22.6 Å². The first-order valence-electron chi connectivity index (χ1n) is 5.16. The molecule has 0 bridgehead atoms. The van der Waals surface area contributed by atoms with Gasteiger partial charge >= 0.3 is 5.69 Å². The molecule has 1 heterocycles. The van der Waals surface area contributed by atoms with Gasteiger partial charge in [-0.2, -0.15) is 0 Å². The van der Waals surface area contributed by atoms with Crippen molar-refractivity contribution in [1.82, 2.24) is 9.55 Å². The van der Waals surface area contributed by atoms with E-state index in [1.807, 2.05) is 18.2 Å². The zero-order chi connectivity index (χ0) is 10.4. The van der Waals surface area contributed by atoms with E-state index in [1.165, 1.54) is 6.42 Å². The first-order chi connectivity index (χ1) is 7.27. The fourth-order valence-corrected chi connectivity index (χ4v) is 2.40. The molecule has 1 aromatic carbocycles. The van der Waals surface area contributed by atoms with Crippen LogP contribution in [0.3, 0.4) is 0 Å². The Morgan fingerprint density at radius 1 is 1.40 bits per heavy atom. The van der Waals surface area contributed by atoms with Crippen molar-refractivity contribution in [3.05, 3.63) is 33.7 Å². The first kappa shape index (κ1) is 9.04. The van der Waals surface area contributed by atoms with Crippen LogP contribution in [0.4, 0.5) is 0 Å². The number of benzene rings is 1. The van der Waals surface area contributed by atoms with Gasteiger partial charge in [0.05, 0.1) is 16.1 Å². The molecular weight excluding hydrogens is 212 g/mol. The third-order valence-corrected chi connectivity index (χ3v) is 3.43. The SMILES string of the molecule is O=c1[nH]c2cccc(Cl)c2n1C1CCC1. The standard InChI is InChI=1S/C11H11ClN2O/c12-8-5-2-6-9-10(8)14(11(15)13-9)7-3-1-4-7/h2,5-7H,1,3-4H2,(H,13,15).